The molecule has 1 saturated heterocycles. The van der Waals surface area contributed by atoms with Crippen LogP contribution in [0.1, 0.15) is 30.4 Å². The summed E-state index contributed by atoms with van der Waals surface area (Å²) in [5.41, 5.74) is 2.57. The molecule has 0 bridgehead atoms. The number of carbonyl (C=O) groups excluding carboxylic acids is 1. The van der Waals surface area contributed by atoms with Crippen molar-refractivity contribution < 1.29 is 4.79 Å². The third kappa shape index (κ3) is 2.04. The molecular formula is C13H17NO. The number of rotatable bonds is 1. The van der Waals surface area contributed by atoms with Crippen molar-refractivity contribution in [2.75, 3.05) is 6.54 Å². The second kappa shape index (κ2) is 4.05. The van der Waals surface area contributed by atoms with Gasteiger partial charge in [-0.3, -0.25) is 4.79 Å². The molecule has 1 aromatic carbocycles. The van der Waals surface area contributed by atoms with Gasteiger partial charge in [0.05, 0.1) is 0 Å². The Hall–Kier alpha value is -1.31. The standard InChI is InChI=1S/C13H17NO/c1-9-4-3-5-11(8-9)12-6-7-14-13(15)10(12)2/h3-5,8,10,12H,6-7H2,1-2H3,(H,14,15)/t10-,12+/m1/s1. The van der Waals surface area contributed by atoms with Gasteiger partial charge in [-0.15, -0.1) is 0 Å². The third-order valence-electron chi connectivity index (χ3n) is 3.24. The van der Waals surface area contributed by atoms with Gasteiger partial charge in [-0.1, -0.05) is 36.8 Å². The summed E-state index contributed by atoms with van der Waals surface area (Å²) in [6.07, 6.45) is 1.05. The first kappa shape index (κ1) is 10.2. The molecule has 15 heavy (non-hydrogen) atoms. The average molecular weight is 203 g/mol. The van der Waals surface area contributed by atoms with Crippen LogP contribution in [-0.4, -0.2) is 12.5 Å². The topological polar surface area (TPSA) is 29.1 Å². The molecule has 2 nitrogen and oxygen atoms in total. The number of carbonyl (C=O) groups is 1. The lowest BCUT2D eigenvalue weighted by molar-refractivity contribution is -0.126. The van der Waals surface area contributed by atoms with Crippen LogP contribution in [-0.2, 0) is 4.79 Å². The van der Waals surface area contributed by atoms with Gasteiger partial charge in [-0.25, -0.2) is 0 Å². The summed E-state index contributed by atoms with van der Waals surface area (Å²) in [5, 5.41) is 2.91. The zero-order chi connectivity index (χ0) is 10.8. The van der Waals surface area contributed by atoms with Crippen molar-refractivity contribution in [3.05, 3.63) is 35.4 Å². The van der Waals surface area contributed by atoms with E-state index in [1.807, 2.05) is 6.92 Å². The van der Waals surface area contributed by atoms with Crippen LogP contribution in [0.4, 0.5) is 0 Å². The van der Waals surface area contributed by atoms with Crippen molar-refractivity contribution >= 4 is 5.91 Å². The zero-order valence-electron chi connectivity index (χ0n) is 9.29. The molecule has 1 heterocycles. The lowest BCUT2D eigenvalue weighted by Crippen LogP contribution is -2.39. The fourth-order valence-electron chi connectivity index (χ4n) is 2.30. The van der Waals surface area contributed by atoms with Crippen molar-refractivity contribution in [2.24, 2.45) is 5.92 Å². The van der Waals surface area contributed by atoms with Crippen LogP contribution in [0.2, 0.25) is 0 Å². The molecule has 2 heteroatoms. The number of amides is 1. The number of benzene rings is 1. The number of nitrogens with one attached hydrogen (secondary N) is 1. The van der Waals surface area contributed by atoms with Gasteiger partial charge in [0.25, 0.3) is 0 Å². The molecule has 1 aromatic rings. The molecular weight excluding hydrogens is 186 g/mol. The van der Waals surface area contributed by atoms with Crippen molar-refractivity contribution in [3.63, 3.8) is 0 Å². The Balaban J connectivity index is 2.26. The lowest BCUT2D eigenvalue weighted by atomic mass is 9.81. The predicted molar refractivity (Wildman–Crippen MR) is 60.7 cm³/mol. The second-order valence-corrected chi connectivity index (χ2v) is 4.39. The first-order chi connectivity index (χ1) is 7.18. The average Bonchev–Trinajstić information content (AvgIpc) is 2.22. The van der Waals surface area contributed by atoms with E-state index in [2.05, 4.69) is 36.5 Å². The third-order valence-corrected chi connectivity index (χ3v) is 3.24. The van der Waals surface area contributed by atoms with E-state index in [-0.39, 0.29) is 11.8 Å². The maximum atomic E-state index is 11.6. The normalized spacial score (nSPS) is 26.1. The summed E-state index contributed by atoms with van der Waals surface area (Å²) in [6, 6.07) is 8.49. The molecule has 0 unspecified atom stereocenters. The van der Waals surface area contributed by atoms with Crippen LogP contribution in [0.3, 0.4) is 0 Å². The van der Waals surface area contributed by atoms with Gasteiger partial charge >= 0.3 is 0 Å². The molecule has 0 radical (unpaired) electrons. The highest BCUT2D eigenvalue weighted by Gasteiger charge is 2.28. The van der Waals surface area contributed by atoms with Gasteiger partial charge in [0.15, 0.2) is 0 Å². The Morgan fingerprint density at radius 3 is 2.93 bits per heavy atom. The van der Waals surface area contributed by atoms with Crippen LogP contribution in [0.15, 0.2) is 24.3 Å². The zero-order valence-corrected chi connectivity index (χ0v) is 9.29. The Bertz CT molecular complexity index is 373. The molecule has 0 spiro atoms. The van der Waals surface area contributed by atoms with E-state index in [1.54, 1.807) is 0 Å². The Morgan fingerprint density at radius 2 is 2.20 bits per heavy atom. The van der Waals surface area contributed by atoms with Crippen molar-refractivity contribution in [1.29, 1.82) is 0 Å². The molecule has 1 N–H and O–H groups in total. The lowest BCUT2D eigenvalue weighted by Gasteiger charge is -2.29. The first-order valence-electron chi connectivity index (χ1n) is 5.53. The van der Waals surface area contributed by atoms with Gasteiger partial charge in [0.2, 0.25) is 5.91 Å². The molecule has 2 rings (SSSR count). The number of hydrogen-bond donors (Lipinski definition) is 1. The summed E-state index contributed by atoms with van der Waals surface area (Å²) < 4.78 is 0. The molecule has 1 fully saturated rings. The first-order valence-corrected chi connectivity index (χ1v) is 5.53. The van der Waals surface area contributed by atoms with E-state index < -0.39 is 0 Å². The Morgan fingerprint density at radius 1 is 1.40 bits per heavy atom. The van der Waals surface area contributed by atoms with E-state index in [4.69, 9.17) is 0 Å². The van der Waals surface area contributed by atoms with Crippen LogP contribution in [0.25, 0.3) is 0 Å². The van der Waals surface area contributed by atoms with Gasteiger partial charge in [0.1, 0.15) is 0 Å². The van der Waals surface area contributed by atoms with E-state index in [0.29, 0.717) is 5.92 Å². The van der Waals surface area contributed by atoms with Gasteiger partial charge in [0, 0.05) is 12.5 Å². The van der Waals surface area contributed by atoms with Gasteiger partial charge < -0.3 is 5.32 Å². The smallest absolute Gasteiger partial charge is 0.223 e. The van der Waals surface area contributed by atoms with Crippen molar-refractivity contribution in [2.45, 2.75) is 26.2 Å². The van der Waals surface area contributed by atoms with E-state index >= 15 is 0 Å². The fourth-order valence-corrected chi connectivity index (χ4v) is 2.30. The van der Waals surface area contributed by atoms with Crippen molar-refractivity contribution in [1.82, 2.24) is 5.32 Å². The summed E-state index contributed by atoms with van der Waals surface area (Å²) >= 11 is 0. The van der Waals surface area contributed by atoms with E-state index in [9.17, 15) is 4.79 Å². The second-order valence-electron chi connectivity index (χ2n) is 4.39. The Kier molecular flexibility index (Phi) is 2.76. The SMILES string of the molecule is Cc1cccc([C@H]2CCNC(=O)[C@@H]2C)c1. The molecule has 0 aliphatic carbocycles. The largest absolute Gasteiger partial charge is 0.356 e. The molecule has 1 aliphatic rings. The van der Waals surface area contributed by atoms with Crippen LogP contribution in [0, 0.1) is 12.8 Å². The monoisotopic (exact) mass is 203 g/mol. The minimum Gasteiger partial charge on any atom is -0.356 e. The van der Waals surface area contributed by atoms with E-state index in [1.165, 1.54) is 11.1 Å². The summed E-state index contributed by atoms with van der Waals surface area (Å²) in [4.78, 5) is 11.6. The number of aryl methyl sites for hydroxylation is 1. The van der Waals surface area contributed by atoms with Crippen molar-refractivity contribution in [3.8, 4) is 0 Å². The fraction of sp³-hybridized carbons (Fsp3) is 0.462. The van der Waals surface area contributed by atoms with Crippen LogP contribution in [0.5, 0.6) is 0 Å². The molecule has 1 aliphatic heterocycles. The highest BCUT2D eigenvalue weighted by molar-refractivity contribution is 5.80. The predicted octanol–water partition coefficient (Wildman–Crippen LogP) is 2.23. The Labute approximate surface area is 90.7 Å². The molecule has 80 valence electrons. The molecule has 2 atom stereocenters. The van der Waals surface area contributed by atoms with Gasteiger partial charge in [-0.2, -0.15) is 0 Å². The van der Waals surface area contributed by atoms with Gasteiger partial charge in [-0.05, 0) is 24.8 Å². The quantitative estimate of drug-likeness (QED) is 0.745. The highest BCUT2D eigenvalue weighted by atomic mass is 16.1. The minimum absolute atomic E-state index is 0.0977. The summed E-state index contributed by atoms with van der Waals surface area (Å²) in [6.45, 7) is 4.92. The van der Waals surface area contributed by atoms with E-state index in [0.717, 1.165) is 13.0 Å². The van der Waals surface area contributed by atoms with Crippen LogP contribution < -0.4 is 5.32 Å². The summed E-state index contributed by atoms with van der Waals surface area (Å²) in [5.74, 6) is 0.673. The highest BCUT2D eigenvalue weighted by Crippen LogP contribution is 2.30. The minimum atomic E-state index is 0.0977. The van der Waals surface area contributed by atoms with Crippen LogP contribution >= 0.6 is 0 Å². The maximum absolute atomic E-state index is 11.6. The number of hydrogen-bond acceptors (Lipinski definition) is 1. The number of piperidine rings is 1. The summed E-state index contributed by atoms with van der Waals surface area (Å²) in [7, 11) is 0. The molecule has 1 amide bonds. The molecule has 0 saturated carbocycles. The molecule has 0 aromatic heterocycles. The maximum Gasteiger partial charge on any atom is 0.223 e.